The Bertz CT molecular complexity index is 800. The second kappa shape index (κ2) is 6.83. The predicted molar refractivity (Wildman–Crippen MR) is 82.0 cm³/mol. The third-order valence-electron chi connectivity index (χ3n) is 3.14. The van der Waals surface area contributed by atoms with Gasteiger partial charge in [-0.1, -0.05) is 18.2 Å². The molecule has 0 aliphatic rings. The Morgan fingerprint density at radius 2 is 1.78 bits per heavy atom. The fourth-order valence-corrected chi connectivity index (χ4v) is 1.97. The van der Waals surface area contributed by atoms with Gasteiger partial charge in [0.25, 0.3) is 0 Å². The summed E-state index contributed by atoms with van der Waals surface area (Å²) in [6, 6.07) is 9.27. The minimum atomic E-state index is -1.16. The second-order valence-electron chi connectivity index (χ2n) is 4.80. The fourth-order valence-electron chi connectivity index (χ4n) is 1.97. The molecule has 2 aromatic rings. The van der Waals surface area contributed by atoms with Crippen molar-refractivity contribution in [3.63, 3.8) is 0 Å². The number of carboxylic acid groups (broad SMARTS) is 1. The molecule has 1 amide bonds. The monoisotopic (exact) mass is 317 g/mol. The van der Waals surface area contributed by atoms with Crippen molar-refractivity contribution in [2.24, 2.45) is 0 Å². The Kier molecular flexibility index (Phi) is 4.85. The number of rotatable bonds is 4. The first-order valence-electron chi connectivity index (χ1n) is 6.65. The molecule has 0 unspecified atom stereocenters. The summed E-state index contributed by atoms with van der Waals surface area (Å²) in [7, 11) is 0. The molecule has 0 saturated heterocycles. The van der Waals surface area contributed by atoms with Crippen LogP contribution in [0.15, 0.2) is 48.5 Å². The maximum absolute atomic E-state index is 13.2. The minimum absolute atomic E-state index is 0.0419. The molecule has 0 heterocycles. The first-order valence-corrected chi connectivity index (χ1v) is 6.65. The number of nitrogens with one attached hydrogen (secondary N) is 1. The van der Waals surface area contributed by atoms with Crippen molar-refractivity contribution in [2.75, 3.05) is 5.32 Å². The van der Waals surface area contributed by atoms with E-state index in [1.165, 1.54) is 24.3 Å². The summed E-state index contributed by atoms with van der Waals surface area (Å²) in [5.41, 5.74) is 0.874. The standard InChI is InChI=1S/C17H13F2NO3/c1-10(11-6-7-13(18)14(19)9-11)8-16(21)20-15-5-3-2-4-12(15)17(22)23/h2-9H,1H3,(H,20,21)(H,22,23). The van der Waals surface area contributed by atoms with E-state index in [2.05, 4.69) is 5.32 Å². The number of anilines is 1. The number of allylic oxidation sites excluding steroid dienone is 1. The molecular formula is C17H13F2NO3. The van der Waals surface area contributed by atoms with Gasteiger partial charge >= 0.3 is 5.97 Å². The van der Waals surface area contributed by atoms with E-state index in [1.807, 2.05) is 0 Å². The number of benzene rings is 2. The Morgan fingerprint density at radius 1 is 1.09 bits per heavy atom. The van der Waals surface area contributed by atoms with Crippen LogP contribution in [0.25, 0.3) is 5.57 Å². The highest BCUT2D eigenvalue weighted by atomic mass is 19.2. The SMILES string of the molecule is CC(=CC(=O)Nc1ccccc1C(=O)O)c1ccc(F)c(F)c1. The Hall–Kier alpha value is -3.02. The molecular weight excluding hydrogens is 304 g/mol. The van der Waals surface area contributed by atoms with Gasteiger partial charge in [-0.3, -0.25) is 4.79 Å². The lowest BCUT2D eigenvalue weighted by molar-refractivity contribution is -0.111. The fraction of sp³-hybridized carbons (Fsp3) is 0.0588. The number of carbonyl (C=O) groups is 2. The molecule has 2 aromatic carbocycles. The van der Waals surface area contributed by atoms with Crippen LogP contribution >= 0.6 is 0 Å². The van der Waals surface area contributed by atoms with Crippen LogP contribution in [0.5, 0.6) is 0 Å². The Morgan fingerprint density at radius 3 is 2.43 bits per heavy atom. The normalized spacial score (nSPS) is 11.2. The maximum Gasteiger partial charge on any atom is 0.337 e. The summed E-state index contributed by atoms with van der Waals surface area (Å²) in [4.78, 5) is 23.0. The summed E-state index contributed by atoms with van der Waals surface area (Å²) in [6.45, 7) is 1.56. The van der Waals surface area contributed by atoms with Gasteiger partial charge in [0.15, 0.2) is 11.6 Å². The lowest BCUT2D eigenvalue weighted by Crippen LogP contribution is -2.12. The van der Waals surface area contributed by atoms with Crippen LogP contribution in [0.3, 0.4) is 0 Å². The van der Waals surface area contributed by atoms with Gasteiger partial charge in [-0.2, -0.15) is 0 Å². The summed E-state index contributed by atoms with van der Waals surface area (Å²) in [6.07, 6.45) is 1.19. The topological polar surface area (TPSA) is 66.4 Å². The molecule has 0 atom stereocenters. The number of para-hydroxylation sites is 1. The van der Waals surface area contributed by atoms with Crippen LogP contribution in [-0.4, -0.2) is 17.0 Å². The molecule has 2 rings (SSSR count). The average Bonchev–Trinajstić information content (AvgIpc) is 2.50. The number of carbonyl (C=O) groups excluding carboxylic acids is 1. The quantitative estimate of drug-likeness (QED) is 0.845. The summed E-state index contributed by atoms with van der Waals surface area (Å²) >= 11 is 0. The van der Waals surface area contributed by atoms with Crippen molar-refractivity contribution in [3.05, 3.63) is 71.3 Å². The van der Waals surface area contributed by atoms with Crippen molar-refractivity contribution in [2.45, 2.75) is 6.92 Å². The van der Waals surface area contributed by atoms with Crippen molar-refractivity contribution in [1.82, 2.24) is 0 Å². The third kappa shape index (κ3) is 4.00. The maximum atomic E-state index is 13.2. The van der Waals surface area contributed by atoms with Crippen LogP contribution in [0.1, 0.15) is 22.8 Å². The zero-order valence-electron chi connectivity index (χ0n) is 12.1. The van der Waals surface area contributed by atoms with Gasteiger partial charge in [-0.25, -0.2) is 13.6 Å². The number of aromatic carboxylic acids is 1. The van der Waals surface area contributed by atoms with E-state index in [1.54, 1.807) is 19.1 Å². The Balaban J connectivity index is 2.21. The molecule has 0 fully saturated rings. The van der Waals surface area contributed by atoms with E-state index in [9.17, 15) is 18.4 Å². The summed E-state index contributed by atoms with van der Waals surface area (Å²) in [5, 5.41) is 11.5. The molecule has 118 valence electrons. The smallest absolute Gasteiger partial charge is 0.337 e. The van der Waals surface area contributed by atoms with Gasteiger partial charge in [0.1, 0.15) is 0 Å². The summed E-state index contributed by atoms with van der Waals surface area (Å²) < 4.78 is 26.1. The largest absolute Gasteiger partial charge is 0.478 e. The minimum Gasteiger partial charge on any atom is -0.478 e. The average molecular weight is 317 g/mol. The van der Waals surface area contributed by atoms with E-state index >= 15 is 0 Å². The molecule has 0 aromatic heterocycles. The number of hydrogen-bond acceptors (Lipinski definition) is 2. The van der Waals surface area contributed by atoms with Crippen LogP contribution in [0.2, 0.25) is 0 Å². The zero-order chi connectivity index (χ0) is 17.0. The lowest BCUT2D eigenvalue weighted by Gasteiger charge is -2.07. The molecule has 0 spiro atoms. The van der Waals surface area contributed by atoms with Gasteiger partial charge in [0.05, 0.1) is 11.3 Å². The molecule has 0 bridgehead atoms. The molecule has 6 heteroatoms. The van der Waals surface area contributed by atoms with Gasteiger partial charge in [0.2, 0.25) is 5.91 Å². The number of carboxylic acids is 1. The van der Waals surface area contributed by atoms with Crippen LogP contribution in [0.4, 0.5) is 14.5 Å². The highest BCUT2D eigenvalue weighted by molar-refractivity contribution is 6.07. The zero-order valence-corrected chi connectivity index (χ0v) is 12.1. The van der Waals surface area contributed by atoms with Crippen LogP contribution in [0, 0.1) is 11.6 Å². The molecule has 0 aliphatic carbocycles. The van der Waals surface area contributed by atoms with Gasteiger partial charge in [0, 0.05) is 6.08 Å². The van der Waals surface area contributed by atoms with E-state index in [0.717, 1.165) is 12.1 Å². The molecule has 0 aliphatic heterocycles. The van der Waals surface area contributed by atoms with Gasteiger partial charge in [-0.15, -0.1) is 0 Å². The number of halogens is 2. The molecule has 0 radical (unpaired) electrons. The lowest BCUT2D eigenvalue weighted by atomic mass is 10.1. The number of amides is 1. The van der Waals surface area contributed by atoms with E-state index in [0.29, 0.717) is 11.1 Å². The molecule has 0 saturated carbocycles. The van der Waals surface area contributed by atoms with Gasteiger partial charge < -0.3 is 10.4 Å². The van der Waals surface area contributed by atoms with Crippen molar-refractivity contribution in [1.29, 1.82) is 0 Å². The first kappa shape index (κ1) is 16.4. The van der Waals surface area contributed by atoms with Gasteiger partial charge in [-0.05, 0) is 42.3 Å². The first-order chi connectivity index (χ1) is 10.9. The van der Waals surface area contributed by atoms with Crippen molar-refractivity contribution < 1.29 is 23.5 Å². The molecule has 4 nitrogen and oxygen atoms in total. The van der Waals surface area contributed by atoms with E-state index < -0.39 is 23.5 Å². The van der Waals surface area contributed by atoms with Crippen molar-refractivity contribution >= 4 is 23.1 Å². The highest BCUT2D eigenvalue weighted by Gasteiger charge is 2.11. The molecule has 2 N–H and O–H groups in total. The highest BCUT2D eigenvalue weighted by Crippen LogP contribution is 2.18. The summed E-state index contributed by atoms with van der Waals surface area (Å²) in [5.74, 6) is -3.71. The second-order valence-corrected chi connectivity index (χ2v) is 4.80. The van der Waals surface area contributed by atoms with Crippen LogP contribution < -0.4 is 5.32 Å². The number of hydrogen-bond donors (Lipinski definition) is 2. The van der Waals surface area contributed by atoms with Crippen LogP contribution in [-0.2, 0) is 4.79 Å². The van der Waals surface area contributed by atoms with E-state index in [-0.39, 0.29) is 11.3 Å². The Labute approximate surface area is 131 Å². The van der Waals surface area contributed by atoms with E-state index in [4.69, 9.17) is 5.11 Å². The van der Waals surface area contributed by atoms with Crippen molar-refractivity contribution in [3.8, 4) is 0 Å². The molecule has 23 heavy (non-hydrogen) atoms. The predicted octanol–water partition coefficient (Wildman–Crippen LogP) is 3.71. The third-order valence-corrected chi connectivity index (χ3v) is 3.14.